The Morgan fingerprint density at radius 2 is 2.06 bits per heavy atom. The van der Waals surface area contributed by atoms with E-state index in [1.807, 2.05) is 7.11 Å². The minimum atomic E-state index is 0.488. The predicted octanol–water partition coefficient (Wildman–Crippen LogP) is 1.88. The Morgan fingerprint density at radius 1 is 1.35 bits per heavy atom. The molecule has 2 aliphatic heterocycles. The van der Waals surface area contributed by atoms with Gasteiger partial charge >= 0.3 is 0 Å². The van der Waals surface area contributed by atoms with Crippen molar-refractivity contribution in [2.45, 2.75) is 51.7 Å². The molecular formula is C14H28N2O. The highest BCUT2D eigenvalue weighted by atomic mass is 16.5. The number of nitrogens with one attached hydrogen (secondary N) is 1. The zero-order chi connectivity index (χ0) is 12.3. The molecule has 0 aliphatic carbocycles. The third-order valence-corrected chi connectivity index (χ3v) is 4.69. The number of hydrogen-bond acceptors (Lipinski definition) is 3. The Balaban J connectivity index is 1.86. The van der Waals surface area contributed by atoms with E-state index in [0.29, 0.717) is 17.6 Å². The molecule has 17 heavy (non-hydrogen) atoms. The fourth-order valence-electron chi connectivity index (χ4n) is 3.31. The van der Waals surface area contributed by atoms with Gasteiger partial charge in [0.05, 0.1) is 6.10 Å². The standard InChI is InChI=1S/C14H28N2O/c1-12-10-13(17-3)4-9-16(12)11-14(2)5-7-15-8-6-14/h12-13,15H,4-11H2,1-3H3. The lowest BCUT2D eigenvalue weighted by Crippen LogP contribution is -2.49. The summed E-state index contributed by atoms with van der Waals surface area (Å²) in [6.45, 7) is 9.69. The highest BCUT2D eigenvalue weighted by Crippen LogP contribution is 2.31. The Hall–Kier alpha value is -0.120. The monoisotopic (exact) mass is 240 g/mol. The molecule has 2 heterocycles. The van der Waals surface area contributed by atoms with Crippen molar-refractivity contribution in [1.82, 2.24) is 10.2 Å². The van der Waals surface area contributed by atoms with Crippen LogP contribution in [0.3, 0.4) is 0 Å². The minimum Gasteiger partial charge on any atom is -0.381 e. The van der Waals surface area contributed by atoms with Gasteiger partial charge < -0.3 is 10.1 Å². The number of hydrogen-bond donors (Lipinski definition) is 1. The minimum absolute atomic E-state index is 0.488. The first-order valence-corrected chi connectivity index (χ1v) is 7.10. The van der Waals surface area contributed by atoms with Crippen molar-refractivity contribution in [1.29, 1.82) is 0 Å². The molecule has 2 fully saturated rings. The van der Waals surface area contributed by atoms with Crippen LogP contribution in [0.15, 0.2) is 0 Å². The number of piperidine rings is 2. The van der Waals surface area contributed by atoms with Gasteiger partial charge in [0.25, 0.3) is 0 Å². The van der Waals surface area contributed by atoms with Gasteiger partial charge in [-0.15, -0.1) is 0 Å². The molecule has 2 atom stereocenters. The first-order chi connectivity index (χ1) is 8.13. The summed E-state index contributed by atoms with van der Waals surface area (Å²) in [6.07, 6.45) is 5.54. The van der Waals surface area contributed by atoms with Gasteiger partial charge in [-0.25, -0.2) is 0 Å². The van der Waals surface area contributed by atoms with Crippen LogP contribution in [0, 0.1) is 5.41 Å². The first-order valence-electron chi connectivity index (χ1n) is 7.10. The zero-order valence-corrected chi connectivity index (χ0v) is 11.7. The van der Waals surface area contributed by atoms with Crippen LogP contribution in [0.5, 0.6) is 0 Å². The number of likely N-dealkylation sites (tertiary alicyclic amines) is 1. The molecular weight excluding hydrogens is 212 g/mol. The number of nitrogens with zero attached hydrogens (tertiary/aromatic N) is 1. The van der Waals surface area contributed by atoms with Crippen LogP contribution in [-0.4, -0.2) is 50.3 Å². The molecule has 0 spiro atoms. The van der Waals surface area contributed by atoms with Crippen molar-refractivity contribution in [2.24, 2.45) is 5.41 Å². The molecule has 3 heteroatoms. The molecule has 2 rings (SSSR count). The van der Waals surface area contributed by atoms with Gasteiger partial charge in [-0.2, -0.15) is 0 Å². The molecule has 0 aromatic heterocycles. The van der Waals surface area contributed by atoms with Crippen LogP contribution >= 0.6 is 0 Å². The van der Waals surface area contributed by atoms with Crippen LogP contribution in [0.2, 0.25) is 0 Å². The maximum atomic E-state index is 5.49. The molecule has 0 saturated carbocycles. The summed E-state index contributed by atoms with van der Waals surface area (Å²) in [7, 11) is 1.85. The van der Waals surface area contributed by atoms with Crippen LogP contribution in [0.25, 0.3) is 0 Å². The van der Waals surface area contributed by atoms with Crippen molar-refractivity contribution in [3.63, 3.8) is 0 Å². The highest BCUT2D eigenvalue weighted by molar-refractivity contribution is 4.88. The van der Waals surface area contributed by atoms with E-state index in [1.165, 1.54) is 51.9 Å². The lowest BCUT2D eigenvalue weighted by molar-refractivity contribution is -0.00329. The molecule has 100 valence electrons. The second-order valence-corrected chi connectivity index (χ2v) is 6.26. The molecule has 3 nitrogen and oxygen atoms in total. The molecule has 0 amide bonds. The molecule has 0 radical (unpaired) electrons. The van der Waals surface area contributed by atoms with Gasteiger partial charge in [0.15, 0.2) is 0 Å². The predicted molar refractivity (Wildman–Crippen MR) is 71.3 cm³/mol. The fraction of sp³-hybridized carbons (Fsp3) is 1.00. The maximum absolute atomic E-state index is 5.49. The average molecular weight is 240 g/mol. The first kappa shape index (κ1) is 13.3. The van der Waals surface area contributed by atoms with Crippen molar-refractivity contribution < 1.29 is 4.74 Å². The molecule has 0 aromatic carbocycles. The molecule has 0 aromatic rings. The van der Waals surface area contributed by atoms with E-state index >= 15 is 0 Å². The van der Waals surface area contributed by atoms with Gasteiger partial charge in [-0.05, 0) is 51.1 Å². The summed E-state index contributed by atoms with van der Waals surface area (Å²) in [4.78, 5) is 2.68. The van der Waals surface area contributed by atoms with Gasteiger partial charge in [0.2, 0.25) is 0 Å². The van der Waals surface area contributed by atoms with Crippen LogP contribution in [-0.2, 0) is 4.74 Å². The number of rotatable bonds is 3. The Bertz CT molecular complexity index is 238. The second kappa shape index (κ2) is 5.68. The van der Waals surface area contributed by atoms with E-state index in [9.17, 15) is 0 Å². The van der Waals surface area contributed by atoms with Gasteiger partial charge in [0.1, 0.15) is 0 Å². The van der Waals surface area contributed by atoms with Crippen LogP contribution in [0.1, 0.15) is 39.5 Å². The van der Waals surface area contributed by atoms with Crippen molar-refractivity contribution in [3.05, 3.63) is 0 Å². The van der Waals surface area contributed by atoms with E-state index in [0.717, 1.165) is 0 Å². The van der Waals surface area contributed by atoms with Gasteiger partial charge in [-0.1, -0.05) is 6.92 Å². The topological polar surface area (TPSA) is 24.5 Å². The third kappa shape index (κ3) is 3.43. The smallest absolute Gasteiger partial charge is 0.0598 e. The summed E-state index contributed by atoms with van der Waals surface area (Å²) in [6, 6.07) is 0.681. The highest BCUT2D eigenvalue weighted by Gasteiger charge is 2.33. The van der Waals surface area contributed by atoms with Crippen LogP contribution < -0.4 is 5.32 Å². The fourth-order valence-corrected chi connectivity index (χ4v) is 3.31. The molecule has 2 saturated heterocycles. The Morgan fingerprint density at radius 3 is 2.65 bits per heavy atom. The lowest BCUT2D eigenvalue weighted by atomic mass is 9.79. The SMILES string of the molecule is COC1CCN(CC2(C)CCNCC2)C(C)C1. The Labute approximate surface area is 106 Å². The van der Waals surface area contributed by atoms with E-state index in [-0.39, 0.29) is 0 Å². The van der Waals surface area contributed by atoms with E-state index in [1.54, 1.807) is 0 Å². The summed E-state index contributed by atoms with van der Waals surface area (Å²) in [5.74, 6) is 0. The number of ether oxygens (including phenoxy) is 1. The molecule has 0 bridgehead atoms. The summed E-state index contributed by atoms with van der Waals surface area (Å²) in [5, 5.41) is 3.47. The Kier molecular flexibility index (Phi) is 4.45. The molecule has 2 aliphatic rings. The van der Waals surface area contributed by atoms with E-state index < -0.39 is 0 Å². The van der Waals surface area contributed by atoms with Crippen molar-refractivity contribution in [3.8, 4) is 0 Å². The van der Waals surface area contributed by atoms with Crippen molar-refractivity contribution in [2.75, 3.05) is 33.3 Å². The average Bonchev–Trinajstić information content (AvgIpc) is 2.32. The normalized spacial score (nSPS) is 34.8. The van der Waals surface area contributed by atoms with Gasteiger partial charge in [0, 0.05) is 26.2 Å². The summed E-state index contributed by atoms with van der Waals surface area (Å²) < 4.78 is 5.49. The summed E-state index contributed by atoms with van der Waals surface area (Å²) >= 11 is 0. The second-order valence-electron chi connectivity index (χ2n) is 6.26. The van der Waals surface area contributed by atoms with Gasteiger partial charge in [-0.3, -0.25) is 4.90 Å². The van der Waals surface area contributed by atoms with E-state index in [2.05, 4.69) is 24.1 Å². The quantitative estimate of drug-likeness (QED) is 0.815. The maximum Gasteiger partial charge on any atom is 0.0598 e. The van der Waals surface area contributed by atoms with E-state index in [4.69, 9.17) is 4.74 Å². The largest absolute Gasteiger partial charge is 0.381 e. The van der Waals surface area contributed by atoms with Crippen molar-refractivity contribution >= 4 is 0 Å². The summed E-state index contributed by atoms with van der Waals surface area (Å²) in [5.41, 5.74) is 0.527. The lowest BCUT2D eigenvalue weighted by Gasteiger charge is -2.44. The zero-order valence-electron chi connectivity index (χ0n) is 11.7. The number of methoxy groups -OCH3 is 1. The molecule has 1 N–H and O–H groups in total. The van der Waals surface area contributed by atoms with Crippen LogP contribution in [0.4, 0.5) is 0 Å². The molecule has 2 unspecified atom stereocenters. The third-order valence-electron chi connectivity index (χ3n) is 4.69.